The van der Waals surface area contributed by atoms with Crippen LogP contribution in [0.15, 0.2) is 27.7 Å². The van der Waals surface area contributed by atoms with Gasteiger partial charge >= 0.3 is 0 Å². The van der Waals surface area contributed by atoms with Gasteiger partial charge in [-0.15, -0.1) is 0 Å². The number of guanidine groups is 1. The van der Waals surface area contributed by atoms with Crippen molar-refractivity contribution < 1.29 is 9.53 Å². The van der Waals surface area contributed by atoms with Crippen molar-refractivity contribution in [3.63, 3.8) is 0 Å². The molecule has 1 aliphatic carbocycles. The molecule has 0 radical (unpaired) electrons. The van der Waals surface area contributed by atoms with E-state index in [9.17, 15) is 4.79 Å². The number of fused-ring (bicyclic) bond motifs is 1. The normalized spacial score (nSPS) is 21.4. The average Bonchev–Trinajstić information content (AvgIpc) is 2.77. The molecule has 6 heteroatoms. The Morgan fingerprint density at radius 3 is 2.65 bits per heavy atom. The SMILES string of the molecule is CN1C(=O)c2cc(Br)ccc2OC2(CCCCCC2)CN=C1N. The minimum Gasteiger partial charge on any atom is -0.485 e. The molecule has 1 fully saturated rings. The van der Waals surface area contributed by atoms with Gasteiger partial charge in [-0.2, -0.15) is 0 Å². The van der Waals surface area contributed by atoms with Gasteiger partial charge in [-0.1, -0.05) is 28.8 Å². The number of halogens is 1. The van der Waals surface area contributed by atoms with Crippen LogP contribution in [0.4, 0.5) is 0 Å². The summed E-state index contributed by atoms with van der Waals surface area (Å²) < 4.78 is 7.26. The molecule has 0 saturated heterocycles. The third-order valence-corrected chi connectivity index (χ3v) is 5.18. The Hall–Kier alpha value is -1.56. The molecule has 1 aromatic carbocycles. The lowest BCUT2D eigenvalue weighted by atomic mass is 9.94. The molecule has 0 aromatic heterocycles. The fourth-order valence-corrected chi connectivity index (χ4v) is 3.63. The smallest absolute Gasteiger partial charge is 0.264 e. The topological polar surface area (TPSA) is 67.9 Å². The predicted octanol–water partition coefficient (Wildman–Crippen LogP) is 3.32. The van der Waals surface area contributed by atoms with Gasteiger partial charge in [0.1, 0.15) is 11.4 Å². The van der Waals surface area contributed by atoms with Gasteiger partial charge < -0.3 is 10.5 Å². The van der Waals surface area contributed by atoms with Crippen LogP contribution in [-0.2, 0) is 0 Å². The first-order valence-electron chi connectivity index (χ1n) is 8.07. The Kier molecular flexibility index (Phi) is 4.62. The third-order valence-electron chi connectivity index (χ3n) is 4.69. The van der Waals surface area contributed by atoms with Gasteiger partial charge in [-0.3, -0.25) is 9.69 Å². The number of hydrogen-bond donors (Lipinski definition) is 1. The van der Waals surface area contributed by atoms with Crippen LogP contribution in [-0.4, -0.2) is 36.0 Å². The molecule has 1 spiro atoms. The molecule has 1 aromatic rings. The van der Waals surface area contributed by atoms with E-state index in [0.717, 1.165) is 30.2 Å². The van der Waals surface area contributed by atoms with E-state index in [1.54, 1.807) is 13.1 Å². The summed E-state index contributed by atoms with van der Waals surface area (Å²) in [4.78, 5) is 18.6. The number of nitrogens with zero attached hydrogens (tertiary/aromatic N) is 2. The number of hydrogen-bond acceptors (Lipinski definition) is 4. The summed E-state index contributed by atoms with van der Waals surface area (Å²) in [6.45, 7) is 0.492. The molecular formula is C17H22BrN3O2. The van der Waals surface area contributed by atoms with E-state index in [1.165, 1.54) is 17.7 Å². The lowest BCUT2D eigenvalue weighted by Crippen LogP contribution is -2.41. The van der Waals surface area contributed by atoms with Gasteiger partial charge in [0.25, 0.3) is 5.91 Å². The summed E-state index contributed by atoms with van der Waals surface area (Å²) in [6.07, 6.45) is 6.55. The lowest BCUT2D eigenvalue weighted by Gasteiger charge is -2.32. The monoisotopic (exact) mass is 379 g/mol. The van der Waals surface area contributed by atoms with Gasteiger partial charge in [0.05, 0.1) is 12.1 Å². The summed E-state index contributed by atoms with van der Waals surface area (Å²) in [5.41, 5.74) is 6.17. The summed E-state index contributed by atoms with van der Waals surface area (Å²) in [5, 5.41) is 0. The molecule has 2 aliphatic rings. The highest BCUT2D eigenvalue weighted by Crippen LogP contribution is 2.36. The molecule has 5 nitrogen and oxygen atoms in total. The molecular weight excluding hydrogens is 358 g/mol. The van der Waals surface area contributed by atoms with Crippen molar-refractivity contribution in [1.82, 2.24) is 4.90 Å². The maximum Gasteiger partial charge on any atom is 0.264 e. The van der Waals surface area contributed by atoms with Crippen molar-refractivity contribution in [2.75, 3.05) is 13.6 Å². The highest BCUT2D eigenvalue weighted by atomic mass is 79.9. The summed E-state index contributed by atoms with van der Waals surface area (Å²) in [5.74, 6) is 0.667. The Labute approximate surface area is 145 Å². The van der Waals surface area contributed by atoms with Crippen LogP contribution < -0.4 is 10.5 Å². The first kappa shape index (κ1) is 16.3. The minimum atomic E-state index is -0.366. The number of ether oxygens (including phenoxy) is 1. The first-order chi connectivity index (χ1) is 11.0. The largest absolute Gasteiger partial charge is 0.485 e. The van der Waals surface area contributed by atoms with Crippen molar-refractivity contribution in [2.24, 2.45) is 10.7 Å². The van der Waals surface area contributed by atoms with Gasteiger partial charge in [0, 0.05) is 11.5 Å². The van der Waals surface area contributed by atoms with Crippen LogP contribution in [0.5, 0.6) is 5.75 Å². The van der Waals surface area contributed by atoms with Crippen molar-refractivity contribution in [1.29, 1.82) is 0 Å². The van der Waals surface area contributed by atoms with E-state index >= 15 is 0 Å². The fraction of sp³-hybridized carbons (Fsp3) is 0.529. The van der Waals surface area contributed by atoms with Gasteiger partial charge in [0.2, 0.25) is 0 Å². The molecule has 0 unspecified atom stereocenters. The van der Waals surface area contributed by atoms with Crippen LogP contribution in [0.25, 0.3) is 0 Å². The molecule has 1 aliphatic heterocycles. The van der Waals surface area contributed by atoms with Crippen molar-refractivity contribution in [2.45, 2.75) is 44.1 Å². The van der Waals surface area contributed by atoms with Crippen LogP contribution in [0.3, 0.4) is 0 Å². The molecule has 1 saturated carbocycles. The van der Waals surface area contributed by atoms with Crippen molar-refractivity contribution in [3.05, 3.63) is 28.2 Å². The Morgan fingerprint density at radius 1 is 1.26 bits per heavy atom. The summed E-state index contributed by atoms with van der Waals surface area (Å²) in [7, 11) is 1.65. The highest BCUT2D eigenvalue weighted by Gasteiger charge is 2.36. The number of rotatable bonds is 0. The van der Waals surface area contributed by atoms with Crippen molar-refractivity contribution in [3.8, 4) is 5.75 Å². The lowest BCUT2D eigenvalue weighted by molar-refractivity contribution is 0.0604. The zero-order chi connectivity index (χ0) is 16.4. The van der Waals surface area contributed by atoms with Crippen LogP contribution in [0.1, 0.15) is 48.9 Å². The number of aliphatic imine (C=N–C) groups is 1. The average molecular weight is 380 g/mol. The Morgan fingerprint density at radius 2 is 1.96 bits per heavy atom. The fourth-order valence-electron chi connectivity index (χ4n) is 3.27. The molecule has 23 heavy (non-hydrogen) atoms. The molecule has 2 N–H and O–H groups in total. The van der Waals surface area contributed by atoms with E-state index in [-0.39, 0.29) is 17.5 Å². The highest BCUT2D eigenvalue weighted by molar-refractivity contribution is 9.10. The van der Waals surface area contributed by atoms with Crippen LogP contribution in [0.2, 0.25) is 0 Å². The van der Waals surface area contributed by atoms with Gasteiger partial charge in [-0.05, 0) is 43.9 Å². The standard InChI is InChI=1S/C17H22BrN3O2/c1-21-15(22)13-10-12(18)6-7-14(13)23-17(11-20-16(21)19)8-4-2-3-5-9-17/h6-7,10H,2-5,8-9,11H2,1H3,(H2,19,20). The first-order valence-corrected chi connectivity index (χ1v) is 8.87. The number of carbonyl (C=O) groups excluding carboxylic acids is 1. The minimum absolute atomic E-state index is 0.201. The van der Waals surface area contributed by atoms with E-state index in [1.807, 2.05) is 12.1 Å². The Bertz CT molecular complexity index is 637. The van der Waals surface area contributed by atoms with Crippen molar-refractivity contribution >= 4 is 27.8 Å². The quantitative estimate of drug-likeness (QED) is 0.751. The molecule has 0 bridgehead atoms. The van der Waals surface area contributed by atoms with E-state index in [4.69, 9.17) is 10.5 Å². The van der Waals surface area contributed by atoms with Crippen LogP contribution in [0, 0.1) is 0 Å². The molecule has 3 rings (SSSR count). The zero-order valence-corrected chi connectivity index (χ0v) is 14.9. The zero-order valence-electron chi connectivity index (χ0n) is 13.3. The number of nitrogens with two attached hydrogens (primary N) is 1. The molecule has 1 amide bonds. The summed E-state index contributed by atoms with van der Waals surface area (Å²) in [6, 6.07) is 5.55. The van der Waals surface area contributed by atoms with Crippen LogP contribution >= 0.6 is 15.9 Å². The van der Waals surface area contributed by atoms with E-state index in [0.29, 0.717) is 17.9 Å². The maximum absolute atomic E-state index is 12.7. The second-order valence-corrected chi connectivity index (χ2v) is 7.29. The van der Waals surface area contributed by atoms with E-state index < -0.39 is 0 Å². The number of carbonyl (C=O) groups is 1. The number of amides is 1. The molecule has 0 atom stereocenters. The Balaban J connectivity index is 2.08. The second kappa shape index (κ2) is 6.51. The van der Waals surface area contributed by atoms with E-state index in [2.05, 4.69) is 20.9 Å². The molecule has 1 heterocycles. The van der Waals surface area contributed by atoms with Gasteiger partial charge in [0.15, 0.2) is 5.96 Å². The third kappa shape index (κ3) is 3.37. The number of benzene rings is 1. The predicted molar refractivity (Wildman–Crippen MR) is 93.8 cm³/mol. The summed E-state index contributed by atoms with van der Waals surface area (Å²) >= 11 is 3.43. The van der Waals surface area contributed by atoms with Gasteiger partial charge in [-0.25, -0.2) is 4.99 Å². The maximum atomic E-state index is 12.7. The second-order valence-electron chi connectivity index (χ2n) is 6.38. The molecule has 124 valence electrons.